The summed E-state index contributed by atoms with van der Waals surface area (Å²) in [4.78, 5) is 8.12. The average Bonchev–Trinajstić information content (AvgIpc) is 2.84. The monoisotopic (exact) mass is 241 g/mol. The zero-order chi connectivity index (χ0) is 12.4. The zero-order valence-electron chi connectivity index (χ0n) is 10.7. The third kappa shape index (κ3) is 1.85. The minimum Gasteiger partial charge on any atom is -0.342 e. The fourth-order valence-electron chi connectivity index (χ4n) is 2.79. The van der Waals surface area contributed by atoms with Crippen molar-refractivity contribution in [3.05, 3.63) is 42.4 Å². The number of nitrogens with zero attached hydrogens (tertiary/aromatic N) is 1. The Morgan fingerprint density at radius 3 is 2.67 bits per heavy atom. The van der Waals surface area contributed by atoms with Crippen LogP contribution < -0.4 is 5.32 Å². The van der Waals surface area contributed by atoms with Crippen LogP contribution in [0.3, 0.4) is 0 Å². The van der Waals surface area contributed by atoms with Crippen molar-refractivity contribution in [3.63, 3.8) is 0 Å². The van der Waals surface area contributed by atoms with Crippen LogP contribution in [0.5, 0.6) is 0 Å². The molecule has 0 saturated heterocycles. The second kappa shape index (κ2) is 4.58. The molecule has 0 bridgehead atoms. The van der Waals surface area contributed by atoms with Crippen LogP contribution >= 0.6 is 0 Å². The Balaban J connectivity index is 1.90. The molecule has 1 heterocycles. The lowest BCUT2D eigenvalue weighted by Crippen LogP contribution is -2.43. The molecule has 1 saturated carbocycles. The summed E-state index contributed by atoms with van der Waals surface area (Å²) in [5.74, 6) is 1.14. The van der Waals surface area contributed by atoms with E-state index in [2.05, 4.69) is 39.6 Å². The number of rotatable bonds is 4. The van der Waals surface area contributed by atoms with E-state index in [0.717, 1.165) is 18.1 Å². The number of aromatic nitrogens is 2. The standard InChI is InChI=1S/C15H19N3/c1-16-11-15(8-5-9-15)14-17-10-13(18-14)12-6-3-2-4-7-12/h2-4,6-7,10,16H,5,8-9,11H2,1H3,(H,17,18). The van der Waals surface area contributed by atoms with Crippen molar-refractivity contribution >= 4 is 0 Å². The summed E-state index contributed by atoms with van der Waals surface area (Å²) >= 11 is 0. The summed E-state index contributed by atoms with van der Waals surface area (Å²) in [5.41, 5.74) is 2.56. The van der Waals surface area contributed by atoms with Gasteiger partial charge in [-0.15, -0.1) is 0 Å². The molecular formula is C15H19N3. The van der Waals surface area contributed by atoms with Gasteiger partial charge in [0, 0.05) is 12.0 Å². The quantitative estimate of drug-likeness (QED) is 0.864. The van der Waals surface area contributed by atoms with Gasteiger partial charge in [0.25, 0.3) is 0 Å². The zero-order valence-corrected chi connectivity index (χ0v) is 10.7. The van der Waals surface area contributed by atoms with Crippen LogP contribution in [0.25, 0.3) is 11.3 Å². The maximum atomic E-state index is 4.61. The van der Waals surface area contributed by atoms with Crippen molar-refractivity contribution in [3.8, 4) is 11.3 Å². The van der Waals surface area contributed by atoms with Gasteiger partial charge in [0.1, 0.15) is 5.82 Å². The van der Waals surface area contributed by atoms with Crippen LogP contribution in [-0.4, -0.2) is 23.6 Å². The van der Waals surface area contributed by atoms with Gasteiger partial charge in [-0.05, 0) is 25.5 Å². The third-order valence-corrected chi connectivity index (χ3v) is 3.99. The summed E-state index contributed by atoms with van der Waals surface area (Å²) in [6.07, 6.45) is 5.73. The number of imidazole rings is 1. The second-order valence-corrected chi connectivity index (χ2v) is 5.18. The van der Waals surface area contributed by atoms with Crippen LogP contribution in [-0.2, 0) is 5.41 Å². The molecule has 2 aromatic rings. The molecule has 1 aromatic heterocycles. The molecule has 1 aromatic carbocycles. The van der Waals surface area contributed by atoms with E-state index in [-0.39, 0.29) is 5.41 Å². The van der Waals surface area contributed by atoms with Crippen LogP contribution in [0.15, 0.2) is 36.5 Å². The molecule has 1 aliphatic rings. The molecule has 3 heteroatoms. The minimum atomic E-state index is 0.238. The number of H-pyrrole nitrogens is 1. The van der Waals surface area contributed by atoms with Crippen LogP contribution in [0, 0.1) is 0 Å². The Morgan fingerprint density at radius 1 is 1.28 bits per heavy atom. The van der Waals surface area contributed by atoms with Gasteiger partial charge in [-0.3, -0.25) is 0 Å². The summed E-state index contributed by atoms with van der Waals surface area (Å²) in [5, 5.41) is 3.30. The summed E-state index contributed by atoms with van der Waals surface area (Å²) in [6.45, 7) is 1.01. The van der Waals surface area contributed by atoms with Gasteiger partial charge in [-0.2, -0.15) is 0 Å². The first kappa shape index (κ1) is 11.5. The molecule has 0 spiro atoms. The van der Waals surface area contributed by atoms with Gasteiger partial charge in [0.15, 0.2) is 0 Å². The lowest BCUT2D eigenvalue weighted by atomic mass is 9.68. The molecule has 0 aliphatic heterocycles. The first-order chi connectivity index (χ1) is 8.84. The van der Waals surface area contributed by atoms with E-state index in [1.807, 2.05) is 19.3 Å². The molecule has 3 nitrogen and oxygen atoms in total. The Labute approximate surface area is 108 Å². The average molecular weight is 241 g/mol. The Morgan fingerprint density at radius 2 is 2.06 bits per heavy atom. The van der Waals surface area contributed by atoms with Crippen molar-refractivity contribution in [2.45, 2.75) is 24.7 Å². The third-order valence-electron chi connectivity index (χ3n) is 3.99. The van der Waals surface area contributed by atoms with Gasteiger partial charge >= 0.3 is 0 Å². The molecule has 0 radical (unpaired) electrons. The molecular weight excluding hydrogens is 222 g/mol. The summed E-state index contributed by atoms with van der Waals surface area (Å²) in [6, 6.07) is 10.4. The fraction of sp³-hybridized carbons (Fsp3) is 0.400. The number of hydrogen-bond acceptors (Lipinski definition) is 2. The number of nitrogens with one attached hydrogen (secondary N) is 2. The van der Waals surface area contributed by atoms with Gasteiger partial charge in [0.05, 0.1) is 11.9 Å². The SMILES string of the molecule is CNCC1(c2ncc(-c3ccccc3)[nH]2)CCC1. The molecule has 1 aliphatic carbocycles. The van der Waals surface area contributed by atoms with Crippen molar-refractivity contribution in [1.29, 1.82) is 0 Å². The van der Waals surface area contributed by atoms with Crippen molar-refractivity contribution in [2.24, 2.45) is 0 Å². The molecule has 18 heavy (non-hydrogen) atoms. The molecule has 2 N–H and O–H groups in total. The van der Waals surface area contributed by atoms with Gasteiger partial charge in [0.2, 0.25) is 0 Å². The lowest BCUT2D eigenvalue weighted by Gasteiger charge is -2.40. The van der Waals surface area contributed by atoms with Crippen LogP contribution in [0.4, 0.5) is 0 Å². The van der Waals surface area contributed by atoms with E-state index in [4.69, 9.17) is 0 Å². The van der Waals surface area contributed by atoms with Crippen LogP contribution in [0.2, 0.25) is 0 Å². The lowest BCUT2D eigenvalue weighted by molar-refractivity contribution is 0.226. The molecule has 1 fully saturated rings. The Hall–Kier alpha value is -1.61. The number of aromatic amines is 1. The van der Waals surface area contributed by atoms with E-state index < -0.39 is 0 Å². The maximum Gasteiger partial charge on any atom is 0.114 e. The van der Waals surface area contributed by atoms with E-state index >= 15 is 0 Å². The Kier molecular flexibility index (Phi) is 2.92. The second-order valence-electron chi connectivity index (χ2n) is 5.18. The Bertz CT molecular complexity index is 512. The predicted octanol–water partition coefficient (Wildman–Crippen LogP) is 2.72. The normalized spacial score (nSPS) is 17.4. The highest BCUT2D eigenvalue weighted by atomic mass is 15.0. The van der Waals surface area contributed by atoms with Crippen molar-refractivity contribution in [1.82, 2.24) is 15.3 Å². The largest absolute Gasteiger partial charge is 0.342 e. The highest BCUT2D eigenvalue weighted by Crippen LogP contribution is 2.42. The van der Waals surface area contributed by atoms with E-state index in [1.54, 1.807) is 0 Å². The topological polar surface area (TPSA) is 40.7 Å². The predicted molar refractivity (Wildman–Crippen MR) is 73.5 cm³/mol. The molecule has 0 amide bonds. The number of likely N-dealkylation sites (N-methyl/N-ethyl adjacent to an activating group) is 1. The number of hydrogen-bond donors (Lipinski definition) is 2. The molecule has 3 rings (SSSR count). The first-order valence-electron chi connectivity index (χ1n) is 6.60. The molecule has 0 unspecified atom stereocenters. The maximum absolute atomic E-state index is 4.61. The van der Waals surface area contributed by atoms with Gasteiger partial charge in [-0.25, -0.2) is 4.98 Å². The van der Waals surface area contributed by atoms with E-state index in [9.17, 15) is 0 Å². The smallest absolute Gasteiger partial charge is 0.114 e. The van der Waals surface area contributed by atoms with Gasteiger partial charge < -0.3 is 10.3 Å². The summed E-state index contributed by atoms with van der Waals surface area (Å²) in [7, 11) is 2.01. The first-order valence-corrected chi connectivity index (χ1v) is 6.60. The fourth-order valence-corrected chi connectivity index (χ4v) is 2.79. The minimum absolute atomic E-state index is 0.238. The van der Waals surface area contributed by atoms with Crippen LogP contribution in [0.1, 0.15) is 25.1 Å². The van der Waals surface area contributed by atoms with E-state index in [1.165, 1.54) is 24.8 Å². The van der Waals surface area contributed by atoms with Gasteiger partial charge in [-0.1, -0.05) is 36.8 Å². The molecule has 94 valence electrons. The summed E-state index contributed by atoms with van der Waals surface area (Å²) < 4.78 is 0. The van der Waals surface area contributed by atoms with Crippen molar-refractivity contribution < 1.29 is 0 Å². The van der Waals surface area contributed by atoms with E-state index in [0.29, 0.717) is 0 Å². The van der Waals surface area contributed by atoms with Crippen molar-refractivity contribution in [2.75, 3.05) is 13.6 Å². The number of benzene rings is 1. The highest BCUT2D eigenvalue weighted by molar-refractivity contribution is 5.58. The highest BCUT2D eigenvalue weighted by Gasteiger charge is 2.40. The molecule has 0 atom stereocenters.